The molecule has 0 bridgehead atoms. The first-order valence-electron chi connectivity index (χ1n) is 4.61. The Bertz CT molecular complexity index is 149. The maximum atomic E-state index is 5.93. The minimum absolute atomic E-state index is 0.129. The van der Waals surface area contributed by atoms with Crippen LogP contribution in [0.15, 0.2) is 0 Å². The summed E-state index contributed by atoms with van der Waals surface area (Å²) in [5, 5.41) is 3.40. The quantitative estimate of drug-likeness (QED) is 0.645. The Labute approximate surface area is 74.7 Å². The number of nitrogens with one attached hydrogen (secondary N) is 1. The summed E-state index contributed by atoms with van der Waals surface area (Å²) >= 11 is 0. The van der Waals surface area contributed by atoms with Crippen LogP contribution in [0.25, 0.3) is 0 Å². The number of nitrogens with two attached hydrogens (primary N) is 1. The second-order valence-electron chi connectivity index (χ2n) is 4.31. The standard InChI is InChI=1S/C9H20N2O/c1-7(2)11-5-9(3)6-12-4-8(9)10/h7-8,11H,4-6,10H2,1-3H3. The molecule has 0 saturated carbocycles. The summed E-state index contributed by atoms with van der Waals surface area (Å²) in [5.74, 6) is 0. The molecule has 1 aliphatic rings. The first-order valence-corrected chi connectivity index (χ1v) is 4.61. The van der Waals surface area contributed by atoms with Crippen LogP contribution in [0.2, 0.25) is 0 Å². The van der Waals surface area contributed by atoms with Crippen LogP contribution in [-0.2, 0) is 4.74 Å². The number of hydrogen-bond donors (Lipinski definition) is 2. The van der Waals surface area contributed by atoms with Crippen molar-refractivity contribution < 1.29 is 4.74 Å². The fraction of sp³-hybridized carbons (Fsp3) is 1.00. The zero-order valence-corrected chi connectivity index (χ0v) is 8.26. The van der Waals surface area contributed by atoms with Gasteiger partial charge in [-0.15, -0.1) is 0 Å². The normalized spacial score (nSPS) is 36.2. The van der Waals surface area contributed by atoms with Crippen LogP contribution in [0.3, 0.4) is 0 Å². The third-order valence-electron chi connectivity index (χ3n) is 2.54. The molecule has 2 unspecified atom stereocenters. The molecule has 72 valence electrons. The van der Waals surface area contributed by atoms with E-state index in [0.717, 1.165) is 13.2 Å². The van der Waals surface area contributed by atoms with Gasteiger partial charge in [0.25, 0.3) is 0 Å². The molecule has 1 rings (SSSR count). The second-order valence-corrected chi connectivity index (χ2v) is 4.31. The van der Waals surface area contributed by atoms with Crippen LogP contribution < -0.4 is 11.1 Å². The van der Waals surface area contributed by atoms with Gasteiger partial charge < -0.3 is 15.8 Å². The smallest absolute Gasteiger partial charge is 0.0624 e. The minimum atomic E-state index is 0.129. The van der Waals surface area contributed by atoms with E-state index in [1.54, 1.807) is 0 Å². The summed E-state index contributed by atoms with van der Waals surface area (Å²) in [6.07, 6.45) is 0. The van der Waals surface area contributed by atoms with E-state index < -0.39 is 0 Å². The Morgan fingerprint density at radius 3 is 2.75 bits per heavy atom. The molecule has 3 heteroatoms. The molecule has 0 aromatic carbocycles. The van der Waals surface area contributed by atoms with Crippen molar-refractivity contribution in [2.24, 2.45) is 11.1 Å². The van der Waals surface area contributed by atoms with Gasteiger partial charge in [-0.3, -0.25) is 0 Å². The highest BCUT2D eigenvalue weighted by Gasteiger charge is 2.37. The van der Waals surface area contributed by atoms with Gasteiger partial charge >= 0.3 is 0 Å². The SMILES string of the molecule is CC(C)NCC1(C)COCC1N. The molecule has 3 N–H and O–H groups in total. The van der Waals surface area contributed by atoms with Crippen LogP contribution in [0.5, 0.6) is 0 Å². The number of ether oxygens (including phenoxy) is 1. The summed E-state index contributed by atoms with van der Waals surface area (Å²) in [5.41, 5.74) is 6.06. The van der Waals surface area contributed by atoms with Gasteiger partial charge in [-0.05, 0) is 0 Å². The van der Waals surface area contributed by atoms with Crippen LogP contribution in [0.4, 0.5) is 0 Å². The van der Waals surface area contributed by atoms with E-state index in [9.17, 15) is 0 Å². The molecular weight excluding hydrogens is 152 g/mol. The van der Waals surface area contributed by atoms with Gasteiger partial charge in [0, 0.05) is 24.0 Å². The molecule has 1 heterocycles. The predicted molar refractivity (Wildman–Crippen MR) is 50.0 cm³/mol. The van der Waals surface area contributed by atoms with E-state index in [1.165, 1.54) is 0 Å². The summed E-state index contributed by atoms with van der Waals surface area (Å²) in [4.78, 5) is 0. The molecule has 0 radical (unpaired) electrons. The number of rotatable bonds is 3. The highest BCUT2D eigenvalue weighted by Crippen LogP contribution is 2.25. The van der Waals surface area contributed by atoms with Crippen molar-refractivity contribution in [1.82, 2.24) is 5.32 Å². The molecule has 0 amide bonds. The van der Waals surface area contributed by atoms with Crippen LogP contribution in [0, 0.1) is 5.41 Å². The monoisotopic (exact) mass is 172 g/mol. The fourth-order valence-electron chi connectivity index (χ4n) is 1.35. The fourth-order valence-corrected chi connectivity index (χ4v) is 1.35. The first kappa shape index (κ1) is 9.96. The van der Waals surface area contributed by atoms with E-state index in [0.29, 0.717) is 12.6 Å². The van der Waals surface area contributed by atoms with Gasteiger partial charge in [0.2, 0.25) is 0 Å². The highest BCUT2D eigenvalue weighted by molar-refractivity contribution is 4.91. The average molecular weight is 172 g/mol. The highest BCUT2D eigenvalue weighted by atomic mass is 16.5. The van der Waals surface area contributed by atoms with Crippen molar-refractivity contribution >= 4 is 0 Å². The van der Waals surface area contributed by atoms with E-state index >= 15 is 0 Å². The Hall–Kier alpha value is -0.120. The van der Waals surface area contributed by atoms with Gasteiger partial charge in [0.05, 0.1) is 13.2 Å². The van der Waals surface area contributed by atoms with Gasteiger partial charge in [0.15, 0.2) is 0 Å². The Morgan fingerprint density at radius 1 is 1.67 bits per heavy atom. The zero-order chi connectivity index (χ0) is 9.19. The van der Waals surface area contributed by atoms with Crippen molar-refractivity contribution in [2.45, 2.75) is 32.9 Å². The van der Waals surface area contributed by atoms with Crippen molar-refractivity contribution in [3.63, 3.8) is 0 Å². The first-order chi connectivity index (χ1) is 5.54. The van der Waals surface area contributed by atoms with Gasteiger partial charge in [-0.2, -0.15) is 0 Å². The number of hydrogen-bond acceptors (Lipinski definition) is 3. The molecule has 1 saturated heterocycles. The van der Waals surface area contributed by atoms with Crippen molar-refractivity contribution in [3.05, 3.63) is 0 Å². The van der Waals surface area contributed by atoms with Crippen LogP contribution in [0.1, 0.15) is 20.8 Å². The molecule has 0 spiro atoms. The minimum Gasteiger partial charge on any atom is -0.379 e. The second kappa shape index (κ2) is 3.73. The lowest BCUT2D eigenvalue weighted by Crippen LogP contribution is -2.46. The van der Waals surface area contributed by atoms with Crippen LogP contribution >= 0.6 is 0 Å². The summed E-state index contributed by atoms with van der Waals surface area (Å²) < 4.78 is 5.34. The maximum absolute atomic E-state index is 5.93. The molecule has 2 atom stereocenters. The molecular formula is C9H20N2O. The molecule has 1 aliphatic heterocycles. The van der Waals surface area contributed by atoms with Gasteiger partial charge in [-0.25, -0.2) is 0 Å². The molecule has 12 heavy (non-hydrogen) atoms. The lowest BCUT2D eigenvalue weighted by atomic mass is 9.85. The van der Waals surface area contributed by atoms with E-state index in [2.05, 4.69) is 26.1 Å². The largest absolute Gasteiger partial charge is 0.379 e. The van der Waals surface area contributed by atoms with E-state index in [1.807, 2.05) is 0 Å². The summed E-state index contributed by atoms with van der Waals surface area (Å²) in [6.45, 7) is 8.91. The molecule has 0 aromatic heterocycles. The van der Waals surface area contributed by atoms with Crippen molar-refractivity contribution in [2.75, 3.05) is 19.8 Å². The third kappa shape index (κ3) is 2.19. The maximum Gasteiger partial charge on any atom is 0.0624 e. The van der Waals surface area contributed by atoms with Crippen molar-refractivity contribution in [3.8, 4) is 0 Å². The molecule has 0 aliphatic carbocycles. The lowest BCUT2D eigenvalue weighted by Gasteiger charge is -2.28. The van der Waals surface area contributed by atoms with Crippen LogP contribution in [-0.4, -0.2) is 31.8 Å². The summed E-state index contributed by atoms with van der Waals surface area (Å²) in [7, 11) is 0. The third-order valence-corrected chi connectivity index (χ3v) is 2.54. The predicted octanol–water partition coefficient (Wildman–Crippen LogP) is 0.348. The topological polar surface area (TPSA) is 47.3 Å². The Kier molecular flexibility index (Phi) is 3.09. The van der Waals surface area contributed by atoms with E-state index in [-0.39, 0.29) is 11.5 Å². The molecule has 1 fully saturated rings. The Balaban J connectivity index is 2.37. The van der Waals surface area contributed by atoms with E-state index in [4.69, 9.17) is 10.5 Å². The Morgan fingerprint density at radius 2 is 2.33 bits per heavy atom. The molecule has 3 nitrogen and oxygen atoms in total. The summed E-state index contributed by atoms with van der Waals surface area (Å²) in [6, 6.07) is 0.707. The average Bonchev–Trinajstić information content (AvgIpc) is 2.30. The zero-order valence-electron chi connectivity index (χ0n) is 8.26. The lowest BCUT2D eigenvalue weighted by molar-refractivity contribution is 0.157. The van der Waals surface area contributed by atoms with Gasteiger partial charge in [0.1, 0.15) is 0 Å². The van der Waals surface area contributed by atoms with Crippen molar-refractivity contribution in [1.29, 1.82) is 0 Å². The van der Waals surface area contributed by atoms with Gasteiger partial charge in [-0.1, -0.05) is 20.8 Å². The molecule has 0 aromatic rings.